The molecule has 0 fully saturated rings. The molecule has 1 unspecified atom stereocenters. The Labute approximate surface area is 118 Å². The number of nitrogens with zero attached hydrogens (tertiary/aromatic N) is 1. The number of rotatable bonds is 9. The quantitative estimate of drug-likeness (QED) is 0.474. The van der Waals surface area contributed by atoms with Crippen LogP contribution >= 0.6 is 0 Å². The van der Waals surface area contributed by atoms with E-state index in [1.54, 1.807) is 11.8 Å². The molecular weight excluding hydrogens is 238 g/mol. The number of likely N-dealkylation sites (N-methyl/N-ethyl adjacent to an activating group) is 1. The molecule has 1 amide bonds. The molecular formula is C16H29NO2. The van der Waals surface area contributed by atoms with E-state index in [0.29, 0.717) is 11.4 Å². The van der Waals surface area contributed by atoms with E-state index in [-0.39, 0.29) is 17.7 Å². The predicted molar refractivity (Wildman–Crippen MR) is 79.9 cm³/mol. The lowest BCUT2D eigenvalue weighted by molar-refractivity contribution is -0.126. The second-order valence-electron chi connectivity index (χ2n) is 5.81. The van der Waals surface area contributed by atoms with Gasteiger partial charge in [-0.2, -0.15) is 0 Å². The lowest BCUT2D eigenvalue weighted by Crippen LogP contribution is -2.28. The average Bonchev–Trinajstić information content (AvgIpc) is 2.35. The van der Waals surface area contributed by atoms with Gasteiger partial charge in [-0.15, -0.1) is 0 Å². The first-order valence-electron chi connectivity index (χ1n) is 7.22. The third kappa shape index (κ3) is 7.14. The number of ketones is 1. The molecule has 0 aromatic rings. The molecule has 0 aromatic heterocycles. The zero-order valence-corrected chi connectivity index (χ0v) is 13.2. The standard InChI is InChI=1S/C16H29NO2/c1-12(2)15(18)14(5)10-8-7-9-11-17(6)16(19)13(3)4/h12,14H,3,7-11H2,1-2,4-6H3. The molecule has 1 atom stereocenters. The Morgan fingerprint density at radius 3 is 2.16 bits per heavy atom. The van der Waals surface area contributed by atoms with Crippen LogP contribution in [-0.4, -0.2) is 30.2 Å². The highest BCUT2D eigenvalue weighted by Crippen LogP contribution is 2.14. The van der Waals surface area contributed by atoms with Crippen LogP contribution in [0.3, 0.4) is 0 Å². The van der Waals surface area contributed by atoms with Gasteiger partial charge in [0.25, 0.3) is 0 Å². The number of Topliss-reactive ketones (excluding diaryl/α,β-unsaturated/α-hetero) is 1. The number of hydrogen-bond donors (Lipinski definition) is 0. The third-order valence-corrected chi connectivity index (χ3v) is 3.40. The van der Waals surface area contributed by atoms with Crippen molar-refractivity contribution in [1.29, 1.82) is 0 Å². The highest BCUT2D eigenvalue weighted by Gasteiger charge is 2.15. The summed E-state index contributed by atoms with van der Waals surface area (Å²) in [6.07, 6.45) is 4.05. The van der Waals surface area contributed by atoms with Crippen LogP contribution in [0.5, 0.6) is 0 Å². The Morgan fingerprint density at radius 1 is 1.11 bits per heavy atom. The monoisotopic (exact) mass is 267 g/mol. The normalized spacial score (nSPS) is 12.3. The molecule has 110 valence electrons. The second kappa shape index (κ2) is 8.89. The maximum absolute atomic E-state index is 11.7. The number of hydrogen-bond acceptors (Lipinski definition) is 2. The Bertz CT molecular complexity index is 321. The summed E-state index contributed by atoms with van der Waals surface area (Å²) >= 11 is 0. The van der Waals surface area contributed by atoms with E-state index in [1.165, 1.54) is 0 Å². The molecule has 0 N–H and O–H groups in total. The number of carbonyl (C=O) groups excluding carboxylic acids is 2. The van der Waals surface area contributed by atoms with Gasteiger partial charge in [0.1, 0.15) is 5.78 Å². The molecule has 3 nitrogen and oxygen atoms in total. The summed E-state index contributed by atoms with van der Waals surface area (Å²) < 4.78 is 0. The van der Waals surface area contributed by atoms with Crippen molar-refractivity contribution >= 4 is 11.7 Å². The minimum atomic E-state index is 0.0170. The molecule has 0 aliphatic carbocycles. The number of amides is 1. The molecule has 0 spiro atoms. The first-order valence-corrected chi connectivity index (χ1v) is 7.22. The lowest BCUT2D eigenvalue weighted by atomic mass is 9.92. The summed E-state index contributed by atoms with van der Waals surface area (Å²) in [5.41, 5.74) is 0.582. The van der Waals surface area contributed by atoms with Crippen LogP contribution in [-0.2, 0) is 9.59 Å². The molecule has 0 aliphatic heterocycles. The first kappa shape index (κ1) is 17.9. The minimum absolute atomic E-state index is 0.0170. The van der Waals surface area contributed by atoms with E-state index in [9.17, 15) is 9.59 Å². The van der Waals surface area contributed by atoms with Crippen LogP contribution in [0.1, 0.15) is 53.4 Å². The zero-order valence-electron chi connectivity index (χ0n) is 13.2. The Kier molecular flexibility index (Phi) is 8.37. The van der Waals surface area contributed by atoms with E-state index in [2.05, 4.69) is 6.58 Å². The van der Waals surface area contributed by atoms with Gasteiger partial charge in [0.2, 0.25) is 5.91 Å². The Balaban J connectivity index is 3.74. The van der Waals surface area contributed by atoms with Gasteiger partial charge in [0, 0.05) is 31.0 Å². The van der Waals surface area contributed by atoms with E-state index < -0.39 is 0 Å². The van der Waals surface area contributed by atoms with Crippen LogP contribution in [0, 0.1) is 11.8 Å². The topological polar surface area (TPSA) is 37.4 Å². The van der Waals surface area contributed by atoms with Gasteiger partial charge in [0.05, 0.1) is 0 Å². The smallest absolute Gasteiger partial charge is 0.248 e. The third-order valence-electron chi connectivity index (χ3n) is 3.40. The summed E-state index contributed by atoms with van der Waals surface area (Å²) in [5.74, 6) is 0.669. The SMILES string of the molecule is C=C(C)C(=O)N(C)CCCCCC(C)C(=O)C(C)C. The van der Waals surface area contributed by atoms with Gasteiger partial charge in [0.15, 0.2) is 0 Å². The lowest BCUT2D eigenvalue weighted by Gasteiger charge is -2.17. The fraction of sp³-hybridized carbons (Fsp3) is 0.750. The van der Waals surface area contributed by atoms with Gasteiger partial charge in [-0.25, -0.2) is 0 Å². The first-order chi connectivity index (χ1) is 8.77. The van der Waals surface area contributed by atoms with Crippen molar-refractivity contribution in [2.75, 3.05) is 13.6 Å². The average molecular weight is 267 g/mol. The van der Waals surface area contributed by atoms with Gasteiger partial charge in [-0.05, 0) is 19.8 Å². The van der Waals surface area contributed by atoms with Crippen molar-refractivity contribution in [2.45, 2.75) is 53.4 Å². The summed E-state index contributed by atoms with van der Waals surface area (Å²) in [4.78, 5) is 25.0. The highest BCUT2D eigenvalue weighted by molar-refractivity contribution is 5.91. The summed E-state index contributed by atoms with van der Waals surface area (Å²) in [5, 5.41) is 0. The molecule has 0 bridgehead atoms. The molecule has 19 heavy (non-hydrogen) atoms. The minimum Gasteiger partial charge on any atom is -0.342 e. The van der Waals surface area contributed by atoms with Crippen LogP contribution in [0.25, 0.3) is 0 Å². The fourth-order valence-electron chi connectivity index (χ4n) is 2.11. The van der Waals surface area contributed by atoms with Crippen molar-refractivity contribution in [1.82, 2.24) is 4.90 Å². The molecule has 0 aromatic carbocycles. The van der Waals surface area contributed by atoms with Gasteiger partial charge >= 0.3 is 0 Å². The molecule has 3 heteroatoms. The van der Waals surface area contributed by atoms with E-state index in [1.807, 2.05) is 27.8 Å². The fourth-order valence-corrected chi connectivity index (χ4v) is 2.11. The van der Waals surface area contributed by atoms with Gasteiger partial charge in [-0.1, -0.05) is 40.2 Å². The van der Waals surface area contributed by atoms with Crippen LogP contribution in [0.15, 0.2) is 12.2 Å². The second-order valence-corrected chi connectivity index (χ2v) is 5.81. The van der Waals surface area contributed by atoms with Gasteiger partial charge < -0.3 is 4.90 Å². The van der Waals surface area contributed by atoms with Crippen LogP contribution in [0.4, 0.5) is 0 Å². The largest absolute Gasteiger partial charge is 0.342 e. The zero-order chi connectivity index (χ0) is 15.0. The van der Waals surface area contributed by atoms with Crippen molar-refractivity contribution in [3.05, 3.63) is 12.2 Å². The summed E-state index contributed by atoms with van der Waals surface area (Å²) in [7, 11) is 1.81. The molecule has 0 saturated heterocycles. The van der Waals surface area contributed by atoms with Crippen molar-refractivity contribution in [2.24, 2.45) is 11.8 Å². The molecule has 0 aliphatic rings. The summed E-state index contributed by atoms with van der Waals surface area (Å²) in [6, 6.07) is 0. The van der Waals surface area contributed by atoms with E-state index in [0.717, 1.165) is 32.2 Å². The maximum Gasteiger partial charge on any atom is 0.248 e. The summed E-state index contributed by atoms with van der Waals surface area (Å²) in [6.45, 7) is 12.1. The van der Waals surface area contributed by atoms with Crippen molar-refractivity contribution in [3.8, 4) is 0 Å². The van der Waals surface area contributed by atoms with Gasteiger partial charge in [-0.3, -0.25) is 9.59 Å². The number of carbonyl (C=O) groups is 2. The molecule has 0 radical (unpaired) electrons. The van der Waals surface area contributed by atoms with Crippen LogP contribution < -0.4 is 0 Å². The number of unbranched alkanes of at least 4 members (excludes halogenated alkanes) is 2. The highest BCUT2D eigenvalue weighted by atomic mass is 16.2. The predicted octanol–water partition coefficient (Wildman–Crippen LogP) is 3.44. The maximum atomic E-state index is 11.7. The molecule has 0 rings (SSSR count). The van der Waals surface area contributed by atoms with Crippen LogP contribution in [0.2, 0.25) is 0 Å². The molecule has 0 heterocycles. The van der Waals surface area contributed by atoms with E-state index >= 15 is 0 Å². The Morgan fingerprint density at radius 2 is 1.68 bits per heavy atom. The molecule has 0 saturated carbocycles. The van der Waals surface area contributed by atoms with E-state index in [4.69, 9.17) is 0 Å². The Hall–Kier alpha value is -1.12. The van der Waals surface area contributed by atoms with Crippen molar-refractivity contribution < 1.29 is 9.59 Å². The van der Waals surface area contributed by atoms with Crippen molar-refractivity contribution in [3.63, 3.8) is 0 Å².